The lowest BCUT2D eigenvalue weighted by Gasteiger charge is -2.13. The van der Waals surface area contributed by atoms with E-state index in [0.717, 1.165) is 19.3 Å². The van der Waals surface area contributed by atoms with Gasteiger partial charge in [-0.15, -0.1) is 0 Å². The fourth-order valence-corrected chi connectivity index (χ4v) is 3.88. The van der Waals surface area contributed by atoms with Crippen LogP contribution >= 0.6 is 0 Å². The second kappa shape index (κ2) is 17.0. The van der Waals surface area contributed by atoms with Crippen molar-refractivity contribution in [3.63, 3.8) is 0 Å². The van der Waals surface area contributed by atoms with Gasteiger partial charge in [0, 0.05) is 12.5 Å². The minimum atomic E-state index is -0.698. The zero-order chi connectivity index (χ0) is 26.9. The average Bonchev–Trinajstić information content (AvgIpc) is 2.91. The number of methoxy groups -OCH3 is 2. The zero-order valence-electron chi connectivity index (χ0n) is 22.3. The molecule has 0 aliphatic heterocycles. The van der Waals surface area contributed by atoms with Crippen LogP contribution in [-0.4, -0.2) is 38.6 Å². The van der Waals surface area contributed by atoms with Crippen molar-refractivity contribution in [2.75, 3.05) is 31.5 Å². The third-order valence-corrected chi connectivity index (χ3v) is 5.95. The number of para-hydroxylation sites is 1. The first kappa shape index (κ1) is 29.7. The summed E-state index contributed by atoms with van der Waals surface area (Å²) in [4.78, 5) is 37.4. The smallest absolute Gasteiger partial charge is 0.340 e. The molecule has 0 unspecified atom stereocenters. The normalized spacial score (nSPS) is 10.5. The Hall–Kier alpha value is -3.55. The van der Waals surface area contributed by atoms with Gasteiger partial charge in [-0.2, -0.15) is 0 Å². The Bertz CT molecular complexity index is 1010. The van der Waals surface area contributed by atoms with Gasteiger partial charge in [-0.1, -0.05) is 70.4 Å². The minimum Gasteiger partial charge on any atom is -0.497 e. The van der Waals surface area contributed by atoms with Gasteiger partial charge in [-0.25, -0.2) is 4.79 Å². The second-order valence-corrected chi connectivity index (χ2v) is 8.86. The molecule has 0 aromatic heterocycles. The van der Waals surface area contributed by atoms with Crippen LogP contribution in [0.25, 0.3) is 0 Å². The van der Waals surface area contributed by atoms with E-state index in [2.05, 4.69) is 17.6 Å². The highest BCUT2D eigenvalue weighted by Crippen LogP contribution is 2.29. The Kier molecular flexibility index (Phi) is 13.6. The number of unbranched alkanes of at least 4 members (excludes halogenated alkanes) is 8. The monoisotopic (exact) mass is 512 g/mol. The summed E-state index contributed by atoms with van der Waals surface area (Å²) < 4.78 is 15.6. The first-order valence-corrected chi connectivity index (χ1v) is 13.1. The molecule has 2 N–H and O–H groups in total. The van der Waals surface area contributed by atoms with Crippen molar-refractivity contribution in [2.45, 2.75) is 71.1 Å². The lowest BCUT2D eigenvalue weighted by Crippen LogP contribution is -2.22. The molecule has 2 aromatic rings. The number of nitrogens with one attached hydrogen (secondary N) is 2. The Morgan fingerprint density at radius 1 is 0.730 bits per heavy atom. The van der Waals surface area contributed by atoms with Crippen LogP contribution in [0.1, 0.15) is 81.5 Å². The van der Waals surface area contributed by atoms with Crippen molar-refractivity contribution in [3.8, 4) is 11.5 Å². The number of carbonyl (C=O) groups excluding carboxylic acids is 3. The number of hydrogen-bond acceptors (Lipinski definition) is 6. The topological polar surface area (TPSA) is 103 Å². The van der Waals surface area contributed by atoms with Crippen LogP contribution in [0, 0.1) is 0 Å². The molecule has 0 bridgehead atoms. The van der Waals surface area contributed by atoms with Crippen LogP contribution in [0.3, 0.4) is 0 Å². The molecule has 0 aliphatic rings. The van der Waals surface area contributed by atoms with Crippen molar-refractivity contribution in [1.29, 1.82) is 0 Å². The predicted molar refractivity (Wildman–Crippen MR) is 145 cm³/mol. The van der Waals surface area contributed by atoms with E-state index in [9.17, 15) is 14.4 Å². The largest absolute Gasteiger partial charge is 0.497 e. The summed E-state index contributed by atoms with van der Waals surface area (Å²) in [5.74, 6) is -0.371. The van der Waals surface area contributed by atoms with Crippen molar-refractivity contribution in [2.24, 2.45) is 0 Å². The first-order valence-electron chi connectivity index (χ1n) is 13.1. The van der Waals surface area contributed by atoms with Crippen molar-refractivity contribution >= 4 is 29.2 Å². The number of benzene rings is 2. The summed E-state index contributed by atoms with van der Waals surface area (Å²) in [6, 6.07) is 11.6. The fraction of sp³-hybridized carbons (Fsp3) is 0.483. The van der Waals surface area contributed by atoms with Gasteiger partial charge in [0.15, 0.2) is 6.61 Å². The molecule has 0 saturated heterocycles. The molecule has 0 heterocycles. The Morgan fingerprint density at radius 3 is 2.05 bits per heavy atom. The van der Waals surface area contributed by atoms with E-state index in [1.807, 2.05) is 0 Å². The molecule has 37 heavy (non-hydrogen) atoms. The molecule has 2 amide bonds. The zero-order valence-corrected chi connectivity index (χ0v) is 22.3. The minimum absolute atomic E-state index is 0.146. The lowest BCUT2D eigenvalue weighted by atomic mass is 10.1. The van der Waals surface area contributed by atoms with E-state index in [-0.39, 0.29) is 11.5 Å². The number of amides is 2. The standard InChI is InChI=1S/C29H40N2O6/c1-4-5-6-7-8-9-10-11-12-17-27(32)30-24-16-14-13-15-23(24)29(34)37-21-28(33)31-25-19-18-22(35-2)20-26(25)36-3/h13-16,18-20H,4-12,17,21H2,1-3H3,(H,30,32)(H,31,33). The van der Waals surface area contributed by atoms with Gasteiger partial charge in [0.25, 0.3) is 5.91 Å². The molecule has 8 heteroatoms. The summed E-state index contributed by atoms with van der Waals surface area (Å²) in [7, 11) is 3.01. The van der Waals surface area contributed by atoms with E-state index >= 15 is 0 Å². The number of hydrogen-bond donors (Lipinski definition) is 2. The summed E-state index contributed by atoms with van der Waals surface area (Å²) in [5, 5.41) is 5.45. The fourth-order valence-electron chi connectivity index (χ4n) is 3.88. The number of anilines is 2. The van der Waals surface area contributed by atoms with Gasteiger partial charge in [-0.3, -0.25) is 9.59 Å². The number of esters is 1. The third-order valence-electron chi connectivity index (χ3n) is 5.95. The molecule has 0 saturated carbocycles. The van der Waals surface area contributed by atoms with E-state index in [1.165, 1.54) is 52.7 Å². The maximum Gasteiger partial charge on any atom is 0.340 e. The number of carbonyl (C=O) groups is 3. The molecule has 0 spiro atoms. The third kappa shape index (κ3) is 10.9. The molecule has 2 aromatic carbocycles. The van der Waals surface area contributed by atoms with Crippen molar-refractivity contribution in [1.82, 2.24) is 0 Å². The Labute approximate surface area is 220 Å². The summed E-state index contributed by atoms with van der Waals surface area (Å²) >= 11 is 0. The number of ether oxygens (including phenoxy) is 3. The second-order valence-electron chi connectivity index (χ2n) is 8.86. The molecule has 202 valence electrons. The molecule has 0 atom stereocenters. The Balaban J connectivity index is 1.78. The highest BCUT2D eigenvalue weighted by atomic mass is 16.5. The lowest BCUT2D eigenvalue weighted by molar-refractivity contribution is -0.119. The van der Waals surface area contributed by atoms with E-state index < -0.39 is 18.5 Å². The molecule has 0 radical (unpaired) electrons. The maximum atomic E-state index is 12.6. The van der Waals surface area contributed by atoms with Gasteiger partial charge in [0.2, 0.25) is 5.91 Å². The number of rotatable bonds is 17. The van der Waals surface area contributed by atoms with Crippen molar-refractivity contribution in [3.05, 3.63) is 48.0 Å². The van der Waals surface area contributed by atoms with Gasteiger partial charge in [0.1, 0.15) is 11.5 Å². The summed E-state index contributed by atoms with van der Waals surface area (Å²) in [6.07, 6.45) is 11.0. The summed E-state index contributed by atoms with van der Waals surface area (Å²) in [5.41, 5.74) is 0.983. The van der Waals surface area contributed by atoms with Crippen LogP contribution in [0.15, 0.2) is 42.5 Å². The quantitative estimate of drug-likeness (QED) is 0.189. The van der Waals surface area contributed by atoms with Gasteiger partial charge in [0.05, 0.1) is 31.2 Å². The molecule has 8 nitrogen and oxygen atoms in total. The highest BCUT2D eigenvalue weighted by molar-refractivity contribution is 6.02. The van der Waals surface area contributed by atoms with Gasteiger partial charge >= 0.3 is 5.97 Å². The average molecular weight is 513 g/mol. The van der Waals surface area contributed by atoms with Crippen LogP contribution in [0.5, 0.6) is 11.5 Å². The summed E-state index contributed by atoms with van der Waals surface area (Å²) in [6.45, 7) is 1.72. The molecular weight excluding hydrogens is 472 g/mol. The van der Waals surface area contributed by atoms with Crippen LogP contribution in [0.4, 0.5) is 11.4 Å². The molecule has 0 fully saturated rings. The van der Waals surface area contributed by atoms with Crippen LogP contribution < -0.4 is 20.1 Å². The van der Waals surface area contributed by atoms with E-state index in [1.54, 1.807) is 42.5 Å². The molecule has 2 rings (SSSR count). The molecule has 0 aliphatic carbocycles. The van der Waals surface area contributed by atoms with Gasteiger partial charge < -0.3 is 24.8 Å². The maximum absolute atomic E-state index is 12.6. The Morgan fingerprint density at radius 2 is 1.38 bits per heavy atom. The van der Waals surface area contributed by atoms with Crippen LogP contribution in [0.2, 0.25) is 0 Å². The highest BCUT2D eigenvalue weighted by Gasteiger charge is 2.17. The van der Waals surface area contributed by atoms with E-state index in [4.69, 9.17) is 14.2 Å². The molecular formula is C29H40N2O6. The van der Waals surface area contributed by atoms with Crippen LogP contribution in [-0.2, 0) is 14.3 Å². The van der Waals surface area contributed by atoms with Crippen molar-refractivity contribution < 1.29 is 28.6 Å². The van der Waals surface area contributed by atoms with E-state index in [0.29, 0.717) is 29.3 Å². The predicted octanol–water partition coefficient (Wildman–Crippen LogP) is 6.36. The van der Waals surface area contributed by atoms with Gasteiger partial charge in [-0.05, 0) is 30.7 Å². The first-order chi connectivity index (χ1) is 18.0. The SMILES string of the molecule is CCCCCCCCCCCC(=O)Nc1ccccc1C(=O)OCC(=O)Nc1ccc(OC)cc1OC.